The van der Waals surface area contributed by atoms with Crippen LogP contribution in [0, 0.1) is 0 Å². The molecule has 6 nitrogen and oxygen atoms in total. The number of fused-ring (bicyclic) bond motifs is 1. The van der Waals surface area contributed by atoms with E-state index in [2.05, 4.69) is 15.0 Å². The zero-order valence-electron chi connectivity index (χ0n) is 9.01. The first-order valence-electron chi connectivity index (χ1n) is 5.43. The Morgan fingerprint density at radius 2 is 2.35 bits per heavy atom. The summed E-state index contributed by atoms with van der Waals surface area (Å²) in [6, 6.07) is 3.11. The van der Waals surface area contributed by atoms with Crippen molar-refractivity contribution in [3.05, 3.63) is 23.7 Å². The molecule has 1 saturated heterocycles. The minimum Gasteiger partial charge on any atom is -0.477 e. The lowest BCUT2D eigenvalue weighted by molar-refractivity contribution is -0.0500. The number of carbonyl (C=O) groups is 1. The summed E-state index contributed by atoms with van der Waals surface area (Å²) in [4.78, 5) is 22.1. The fourth-order valence-electron chi connectivity index (χ4n) is 1.82. The first kappa shape index (κ1) is 10.2. The number of aromatic carboxylic acids is 1. The third-order valence-electron chi connectivity index (χ3n) is 2.83. The lowest BCUT2D eigenvalue weighted by atomic mass is 10.1. The smallest absolute Gasteiger partial charge is 0.354 e. The fraction of sp³-hybridized carbons (Fsp3) is 0.364. The second-order valence-corrected chi connectivity index (χ2v) is 4.04. The molecule has 2 N–H and O–H groups in total. The van der Waals surface area contributed by atoms with E-state index in [0.717, 1.165) is 25.3 Å². The predicted molar refractivity (Wildman–Crippen MR) is 58.9 cm³/mol. The number of rotatable bonds is 3. The van der Waals surface area contributed by atoms with Gasteiger partial charge in [-0.05, 0) is 18.6 Å². The summed E-state index contributed by atoms with van der Waals surface area (Å²) in [5.41, 5.74) is 1.22. The molecule has 0 aliphatic carbocycles. The molecule has 0 radical (unpaired) electrons. The van der Waals surface area contributed by atoms with Crippen LogP contribution in [-0.2, 0) is 11.2 Å². The first-order chi connectivity index (χ1) is 8.22. The van der Waals surface area contributed by atoms with Crippen molar-refractivity contribution in [2.45, 2.75) is 18.9 Å². The van der Waals surface area contributed by atoms with Crippen molar-refractivity contribution in [2.75, 3.05) is 6.61 Å². The van der Waals surface area contributed by atoms with Gasteiger partial charge >= 0.3 is 5.97 Å². The largest absolute Gasteiger partial charge is 0.477 e. The van der Waals surface area contributed by atoms with Crippen molar-refractivity contribution in [1.29, 1.82) is 0 Å². The summed E-state index contributed by atoms with van der Waals surface area (Å²) in [6.07, 6.45) is 2.00. The van der Waals surface area contributed by atoms with Crippen molar-refractivity contribution in [3.8, 4) is 0 Å². The summed E-state index contributed by atoms with van der Waals surface area (Å²) in [5, 5.41) is 8.83. The first-order valence-corrected chi connectivity index (χ1v) is 5.43. The van der Waals surface area contributed by atoms with Crippen molar-refractivity contribution >= 4 is 17.1 Å². The average molecular weight is 233 g/mol. The summed E-state index contributed by atoms with van der Waals surface area (Å²) in [6.45, 7) is 0.812. The molecule has 1 atom stereocenters. The van der Waals surface area contributed by atoms with Crippen LogP contribution in [0.1, 0.15) is 22.7 Å². The maximum absolute atomic E-state index is 10.8. The molecule has 0 aromatic carbocycles. The van der Waals surface area contributed by atoms with E-state index in [4.69, 9.17) is 9.84 Å². The van der Waals surface area contributed by atoms with Gasteiger partial charge in [0.25, 0.3) is 0 Å². The predicted octanol–water partition coefficient (Wildman–Crippen LogP) is 0.987. The number of ether oxygens (including phenoxy) is 1. The average Bonchev–Trinajstić information content (AvgIpc) is 2.64. The normalized spacial score (nSPS) is 19.2. The molecular weight excluding hydrogens is 222 g/mol. The standard InChI is InChI=1S/C11H11N3O3/c15-11(16)8-2-1-7-10(13-8)14-9(12-7)5-6-3-4-17-6/h1-2,6H,3-5H2,(H,15,16)(H,12,13,14)/t6-/m1/s1. The highest BCUT2D eigenvalue weighted by atomic mass is 16.5. The quantitative estimate of drug-likeness (QED) is 0.825. The zero-order chi connectivity index (χ0) is 11.8. The Morgan fingerprint density at radius 1 is 1.53 bits per heavy atom. The second-order valence-electron chi connectivity index (χ2n) is 4.04. The van der Waals surface area contributed by atoms with Crippen molar-refractivity contribution in [1.82, 2.24) is 15.0 Å². The van der Waals surface area contributed by atoms with Gasteiger partial charge in [-0.1, -0.05) is 0 Å². The van der Waals surface area contributed by atoms with Gasteiger partial charge in [0.2, 0.25) is 0 Å². The number of aromatic nitrogens is 3. The minimum atomic E-state index is -1.04. The van der Waals surface area contributed by atoms with Crippen LogP contribution in [0.4, 0.5) is 0 Å². The number of carboxylic acids is 1. The van der Waals surface area contributed by atoms with Gasteiger partial charge in [-0.15, -0.1) is 0 Å². The molecule has 88 valence electrons. The van der Waals surface area contributed by atoms with Crippen LogP contribution in [-0.4, -0.2) is 38.7 Å². The third kappa shape index (κ3) is 1.87. The number of hydrogen-bond acceptors (Lipinski definition) is 4. The second kappa shape index (κ2) is 3.81. The Morgan fingerprint density at radius 3 is 3.00 bits per heavy atom. The van der Waals surface area contributed by atoms with Crippen LogP contribution in [0.2, 0.25) is 0 Å². The highest BCUT2D eigenvalue weighted by Gasteiger charge is 2.20. The number of pyridine rings is 1. The number of hydrogen-bond donors (Lipinski definition) is 2. The van der Waals surface area contributed by atoms with Gasteiger partial charge < -0.3 is 14.8 Å². The van der Waals surface area contributed by atoms with Gasteiger partial charge in [0.1, 0.15) is 11.3 Å². The highest BCUT2D eigenvalue weighted by molar-refractivity contribution is 5.88. The maximum Gasteiger partial charge on any atom is 0.354 e. The molecule has 17 heavy (non-hydrogen) atoms. The molecule has 1 aliphatic heterocycles. The van der Waals surface area contributed by atoms with Crippen LogP contribution in [0.25, 0.3) is 11.2 Å². The number of H-pyrrole nitrogens is 1. The Labute approximate surface area is 96.6 Å². The van der Waals surface area contributed by atoms with Gasteiger partial charge in [-0.3, -0.25) is 0 Å². The summed E-state index contributed by atoms with van der Waals surface area (Å²) < 4.78 is 5.32. The number of imidazole rings is 1. The van der Waals surface area contributed by atoms with Crippen LogP contribution in [0.3, 0.4) is 0 Å². The van der Waals surface area contributed by atoms with E-state index in [9.17, 15) is 4.79 Å². The summed E-state index contributed by atoms with van der Waals surface area (Å²) in [7, 11) is 0. The molecule has 2 aromatic rings. The van der Waals surface area contributed by atoms with Crippen LogP contribution >= 0.6 is 0 Å². The monoisotopic (exact) mass is 233 g/mol. The molecular formula is C11H11N3O3. The Hall–Kier alpha value is -1.95. The number of aromatic amines is 1. The van der Waals surface area contributed by atoms with E-state index in [1.54, 1.807) is 6.07 Å². The molecule has 1 aliphatic rings. The molecule has 0 saturated carbocycles. The van der Waals surface area contributed by atoms with E-state index in [0.29, 0.717) is 11.2 Å². The fourth-order valence-corrected chi connectivity index (χ4v) is 1.82. The Balaban J connectivity index is 1.91. The van der Waals surface area contributed by atoms with Crippen LogP contribution < -0.4 is 0 Å². The van der Waals surface area contributed by atoms with Crippen LogP contribution in [0.15, 0.2) is 12.1 Å². The van der Waals surface area contributed by atoms with Crippen molar-refractivity contribution in [2.24, 2.45) is 0 Å². The van der Waals surface area contributed by atoms with Gasteiger partial charge in [-0.2, -0.15) is 0 Å². The topological polar surface area (TPSA) is 88.1 Å². The van der Waals surface area contributed by atoms with E-state index < -0.39 is 5.97 Å². The van der Waals surface area contributed by atoms with E-state index in [-0.39, 0.29) is 11.8 Å². The van der Waals surface area contributed by atoms with Gasteiger partial charge in [0, 0.05) is 13.0 Å². The molecule has 0 amide bonds. The lowest BCUT2D eigenvalue weighted by Gasteiger charge is -2.25. The molecule has 3 heterocycles. The van der Waals surface area contributed by atoms with Gasteiger partial charge in [0.15, 0.2) is 11.3 Å². The number of carboxylic acid groups (broad SMARTS) is 1. The molecule has 0 bridgehead atoms. The highest BCUT2D eigenvalue weighted by Crippen LogP contribution is 2.17. The molecule has 6 heteroatoms. The third-order valence-corrected chi connectivity index (χ3v) is 2.83. The van der Waals surface area contributed by atoms with Crippen molar-refractivity contribution < 1.29 is 14.6 Å². The Bertz CT molecular complexity index is 574. The minimum absolute atomic E-state index is 0.0209. The Kier molecular flexibility index (Phi) is 2.29. The lowest BCUT2D eigenvalue weighted by Crippen LogP contribution is -2.29. The van der Waals surface area contributed by atoms with Gasteiger partial charge in [0.05, 0.1) is 6.10 Å². The van der Waals surface area contributed by atoms with Crippen molar-refractivity contribution in [3.63, 3.8) is 0 Å². The zero-order valence-corrected chi connectivity index (χ0v) is 9.01. The van der Waals surface area contributed by atoms with Gasteiger partial charge in [-0.25, -0.2) is 14.8 Å². The van der Waals surface area contributed by atoms with E-state index in [1.807, 2.05) is 0 Å². The molecule has 0 unspecified atom stereocenters. The summed E-state index contributed by atoms with van der Waals surface area (Å²) in [5.74, 6) is -0.245. The molecule has 0 spiro atoms. The van der Waals surface area contributed by atoms with Crippen LogP contribution in [0.5, 0.6) is 0 Å². The summed E-state index contributed by atoms with van der Waals surface area (Å²) >= 11 is 0. The number of nitrogens with zero attached hydrogens (tertiary/aromatic N) is 2. The molecule has 1 fully saturated rings. The van der Waals surface area contributed by atoms with E-state index >= 15 is 0 Å². The SMILES string of the molecule is O=C(O)c1ccc2nc(C[C@H]3CCO3)[nH]c2n1. The number of nitrogens with one attached hydrogen (secondary N) is 1. The van der Waals surface area contributed by atoms with E-state index in [1.165, 1.54) is 6.07 Å². The molecule has 2 aromatic heterocycles. The maximum atomic E-state index is 10.8. The molecule has 3 rings (SSSR count).